The van der Waals surface area contributed by atoms with Gasteiger partial charge in [0.15, 0.2) is 18.1 Å². The van der Waals surface area contributed by atoms with E-state index < -0.39 is 0 Å². The number of carbonyl (C=O) groups is 2. The third-order valence-electron chi connectivity index (χ3n) is 5.33. The summed E-state index contributed by atoms with van der Waals surface area (Å²) in [6.45, 7) is 1.07. The molecule has 7 nitrogen and oxygen atoms in total. The molecule has 3 aromatic rings. The molecule has 0 bridgehead atoms. The highest BCUT2D eigenvalue weighted by Gasteiger charge is 2.25. The van der Waals surface area contributed by atoms with Crippen LogP contribution in [0.2, 0.25) is 0 Å². The number of benzene rings is 3. The summed E-state index contributed by atoms with van der Waals surface area (Å²) in [5, 5.41) is 2.90. The maximum absolute atomic E-state index is 12.4. The van der Waals surface area contributed by atoms with E-state index in [0.717, 1.165) is 11.1 Å². The Labute approximate surface area is 192 Å². The number of fused-ring (bicyclic) bond motifs is 1. The van der Waals surface area contributed by atoms with E-state index >= 15 is 0 Å². The molecule has 0 unspecified atom stereocenters. The topological polar surface area (TPSA) is 77.1 Å². The fourth-order valence-corrected chi connectivity index (χ4v) is 3.58. The summed E-state index contributed by atoms with van der Waals surface area (Å²) in [6.07, 6.45) is 0.190. The Balaban J connectivity index is 1.30. The molecule has 1 aliphatic heterocycles. The minimum absolute atomic E-state index is 0.0167. The lowest BCUT2D eigenvalue weighted by Gasteiger charge is -2.29. The van der Waals surface area contributed by atoms with E-state index in [4.69, 9.17) is 14.2 Å². The number of ether oxygens (including phenoxy) is 3. The minimum atomic E-state index is -0.155. The maximum atomic E-state index is 12.4. The first-order valence-corrected chi connectivity index (χ1v) is 10.8. The van der Waals surface area contributed by atoms with Crippen LogP contribution in [0, 0.1) is 0 Å². The zero-order valence-electron chi connectivity index (χ0n) is 18.5. The summed E-state index contributed by atoms with van der Waals surface area (Å²) in [5.41, 5.74) is 2.65. The van der Waals surface area contributed by atoms with Crippen LogP contribution in [-0.2, 0) is 22.7 Å². The van der Waals surface area contributed by atoms with Gasteiger partial charge in [-0.15, -0.1) is 0 Å². The molecule has 4 rings (SSSR count). The number of methoxy groups -OCH3 is 1. The van der Waals surface area contributed by atoms with E-state index in [1.807, 2.05) is 72.8 Å². The molecule has 0 spiro atoms. The van der Waals surface area contributed by atoms with E-state index in [-0.39, 0.29) is 24.8 Å². The van der Waals surface area contributed by atoms with Gasteiger partial charge in [0.05, 0.1) is 12.8 Å². The third-order valence-corrected chi connectivity index (χ3v) is 5.33. The SMILES string of the molecule is COc1cc(CNC(=O)CCN2C(=O)COc3ccccc32)ccc1OCc1ccccc1. The first-order chi connectivity index (χ1) is 16.1. The first-order valence-electron chi connectivity index (χ1n) is 10.8. The minimum Gasteiger partial charge on any atom is -0.493 e. The maximum Gasteiger partial charge on any atom is 0.265 e. The molecule has 0 saturated carbocycles. The zero-order chi connectivity index (χ0) is 23.0. The van der Waals surface area contributed by atoms with Crippen molar-refractivity contribution >= 4 is 17.5 Å². The van der Waals surface area contributed by atoms with Crippen LogP contribution in [0.25, 0.3) is 0 Å². The lowest BCUT2D eigenvalue weighted by Crippen LogP contribution is -2.41. The Morgan fingerprint density at radius 2 is 1.79 bits per heavy atom. The monoisotopic (exact) mass is 446 g/mol. The van der Waals surface area contributed by atoms with Crippen LogP contribution in [0.4, 0.5) is 5.69 Å². The lowest BCUT2D eigenvalue weighted by molar-refractivity contribution is -0.122. The summed E-state index contributed by atoms with van der Waals surface area (Å²) in [4.78, 5) is 26.3. The highest BCUT2D eigenvalue weighted by atomic mass is 16.5. The van der Waals surface area contributed by atoms with Crippen molar-refractivity contribution in [2.75, 3.05) is 25.2 Å². The standard InChI is InChI=1S/C26H26N2O5/c1-31-24-15-20(11-12-23(24)32-17-19-7-3-2-4-8-19)16-27-25(29)13-14-28-21-9-5-6-10-22(21)33-18-26(28)30/h2-12,15H,13-14,16-18H2,1H3,(H,27,29). The average molecular weight is 447 g/mol. The predicted molar refractivity (Wildman–Crippen MR) is 125 cm³/mol. The fraction of sp³-hybridized carbons (Fsp3) is 0.231. The number of nitrogens with zero attached hydrogens (tertiary/aromatic N) is 1. The van der Waals surface area contributed by atoms with Crippen LogP contribution in [0.15, 0.2) is 72.8 Å². The molecular formula is C26H26N2O5. The molecule has 1 aliphatic rings. The largest absolute Gasteiger partial charge is 0.493 e. The Hall–Kier alpha value is -4.00. The Kier molecular flexibility index (Phi) is 7.09. The van der Waals surface area contributed by atoms with Crippen molar-refractivity contribution in [3.05, 3.63) is 83.9 Å². The van der Waals surface area contributed by atoms with Gasteiger partial charge in [-0.3, -0.25) is 9.59 Å². The van der Waals surface area contributed by atoms with Crippen LogP contribution in [0.3, 0.4) is 0 Å². The first kappa shape index (κ1) is 22.2. The van der Waals surface area contributed by atoms with Gasteiger partial charge < -0.3 is 24.4 Å². The second-order valence-corrected chi connectivity index (χ2v) is 7.59. The molecule has 1 heterocycles. The van der Waals surface area contributed by atoms with E-state index in [0.29, 0.717) is 42.6 Å². The smallest absolute Gasteiger partial charge is 0.265 e. The lowest BCUT2D eigenvalue weighted by atomic mass is 10.2. The normalized spacial score (nSPS) is 12.5. The van der Waals surface area contributed by atoms with Crippen molar-refractivity contribution in [2.24, 2.45) is 0 Å². The van der Waals surface area contributed by atoms with Gasteiger partial charge in [-0.25, -0.2) is 0 Å². The van der Waals surface area contributed by atoms with Crippen LogP contribution in [0.5, 0.6) is 17.2 Å². The van der Waals surface area contributed by atoms with Gasteiger partial charge >= 0.3 is 0 Å². The molecular weight excluding hydrogens is 420 g/mol. The second-order valence-electron chi connectivity index (χ2n) is 7.59. The van der Waals surface area contributed by atoms with Gasteiger partial charge in [0, 0.05) is 19.5 Å². The average Bonchev–Trinajstić information content (AvgIpc) is 2.86. The van der Waals surface area contributed by atoms with Gasteiger partial charge in [-0.05, 0) is 35.4 Å². The van der Waals surface area contributed by atoms with Crippen molar-refractivity contribution in [2.45, 2.75) is 19.6 Å². The highest BCUT2D eigenvalue weighted by molar-refractivity contribution is 5.98. The molecule has 0 aliphatic carbocycles. The third kappa shape index (κ3) is 5.63. The Morgan fingerprint density at radius 3 is 2.61 bits per heavy atom. The van der Waals surface area contributed by atoms with Crippen LogP contribution in [-0.4, -0.2) is 32.1 Å². The van der Waals surface area contributed by atoms with Gasteiger partial charge in [0.2, 0.25) is 5.91 Å². The number of carbonyl (C=O) groups excluding carboxylic acids is 2. The van der Waals surface area contributed by atoms with E-state index in [1.165, 1.54) is 0 Å². The molecule has 1 N–H and O–H groups in total. The number of hydrogen-bond acceptors (Lipinski definition) is 5. The van der Waals surface area contributed by atoms with Crippen LogP contribution >= 0.6 is 0 Å². The van der Waals surface area contributed by atoms with E-state index in [2.05, 4.69) is 5.32 Å². The molecule has 0 atom stereocenters. The summed E-state index contributed by atoms with van der Waals surface area (Å²) in [7, 11) is 1.59. The Morgan fingerprint density at radius 1 is 1.00 bits per heavy atom. The van der Waals surface area contributed by atoms with E-state index in [9.17, 15) is 9.59 Å². The molecule has 33 heavy (non-hydrogen) atoms. The number of para-hydroxylation sites is 2. The van der Waals surface area contributed by atoms with Gasteiger partial charge in [-0.1, -0.05) is 48.5 Å². The number of nitrogens with one attached hydrogen (secondary N) is 1. The predicted octanol–water partition coefficient (Wildman–Crippen LogP) is 3.71. The van der Waals surface area contributed by atoms with Crippen molar-refractivity contribution < 1.29 is 23.8 Å². The molecule has 0 fully saturated rings. The molecule has 0 saturated heterocycles. The van der Waals surface area contributed by atoms with Crippen LogP contribution < -0.4 is 24.4 Å². The second kappa shape index (κ2) is 10.5. The van der Waals surface area contributed by atoms with Crippen molar-refractivity contribution in [1.82, 2.24) is 5.32 Å². The number of hydrogen-bond donors (Lipinski definition) is 1. The highest BCUT2D eigenvalue weighted by Crippen LogP contribution is 2.31. The molecule has 0 aromatic heterocycles. The molecule has 170 valence electrons. The van der Waals surface area contributed by atoms with Gasteiger partial charge in [0.25, 0.3) is 5.91 Å². The van der Waals surface area contributed by atoms with E-state index in [1.54, 1.807) is 12.0 Å². The van der Waals surface area contributed by atoms with Crippen molar-refractivity contribution in [1.29, 1.82) is 0 Å². The molecule has 0 radical (unpaired) electrons. The van der Waals surface area contributed by atoms with Crippen molar-refractivity contribution in [3.63, 3.8) is 0 Å². The summed E-state index contributed by atoms with van der Waals surface area (Å²) in [5.74, 6) is 1.60. The van der Waals surface area contributed by atoms with Crippen molar-refractivity contribution in [3.8, 4) is 17.2 Å². The summed E-state index contributed by atoms with van der Waals surface area (Å²) in [6, 6.07) is 22.8. The fourth-order valence-electron chi connectivity index (χ4n) is 3.58. The molecule has 3 aromatic carbocycles. The Bertz CT molecular complexity index is 1120. The molecule has 7 heteroatoms. The number of anilines is 1. The quantitative estimate of drug-likeness (QED) is 0.542. The van der Waals surface area contributed by atoms with Gasteiger partial charge in [-0.2, -0.15) is 0 Å². The van der Waals surface area contributed by atoms with Gasteiger partial charge in [0.1, 0.15) is 12.4 Å². The summed E-state index contributed by atoms with van der Waals surface area (Å²) < 4.78 is 16.8. The zero-order valence-corrected chi connectivity index (χ0v) is 18.5. The van der Waals surface area contributed by atoms with Crippen LogP contribution in [0.1, 0.15) is 17.5 Å². The summed E-state index contributed by atoms with van der Waals surface area (Å²) >= 11 is 0. The number of amides is 2. The number of rotatable bonds is 9. The molecule has 2 amide bonds.